The van der Waals surface area contributed by atoms with E-state index in [1.54, 1.807) is 0 Å². The van der Waals surface area contributed by atoms with E-state index < -0.39 is 8.07 Å². The topological polar surface area (TPSA) is 52.0 Å². The molecule has 2 saturated heterocycles. The molecular formula is C22H41BrN4O3Si. The van der Waals surface area contributed by atoms with Crippen molar-refractivity contribution in [1.82, 2.24) is 14.7 Å². The first-order valence-electron chi connectivity index (χ1n) is 11.6. The molecule has 31 heavy (non-hydrogen) atoms. The minimum atomic E-state index is -1.08. The van der Waals surface area contributed by atoms with E-state index in [4.69, 9.17) is 19.3 Å². The highest BCUT2D eigenvalue weighted by atomic mass is 79.9. The zero-order valence-corrected chi connectivity index (χ0v) is 22.8. The summed E-state index contributed by atoms with van der Waals surface area (Å²) in [5, 5.41) is 4.97. The van der Waals surface area contributed by atoms with E-state index in [0.717, 1.165) is 61.8 Å². The first-order chi connectivity index (χ1) is 14.6. The summed E-state index contributed by atoms with van der Waals surface area (Å²) in [7, 11) is -1.08. The fraction of sp³-hybridized carbons (Fsp3) is 0.864. The van der Waals surface area contributed by atoms with Crippen LogP contribution in [0.1, 0.15) is 26.0 Å². The third-order valence-corrected chi connectivity index (χ3v) is 9.18. The summed E-state index contributed by atoms with van der Waals surface area (Å²) in [6.07, 6.45) is 1.24. The Bertz CT molecular complexity index is 720. The Morgan fingerprint density at radius 3 is 2.68 bits per heavy atom. The Morgan fingerprint density at radius 2 is 2.03 bits per heavy atom. The third kappa shape index (κ3) is 6.54. The molecule has 2 aliphatic heterocycles. The number of hydrogen-bond donors (Lipinski definition) is 0. The minimum Gasteiger partial charge on any atom is -0.376 e. The maximum Gasteiger partial charge on any atom is 0.165 e. The van der Waals surface area contributed by atoms with E-state index >= 15 is 0 Å². The Labute approximate surface area is 197 Å². The summed E-state index contributed by atoms with van der Waals surface area (Å²) in [6, 6.07) is 1.17. The van der Waals surface area contributed by atoms with Gasteiger partial charge in [0.25, 0.3) is 0 Å². The summed E-state index contributed by atoms with van der Waals surface area (Å²) in [5.41, 5.74) is 1.14. The molecule has 0 saturated carbocycles. The van der Waals surface area contributed by atoms with E-state index in [1.165, 1.54) is 6.04 Å². The minimum absolute atomic E-state index is 0.0145. The lowest BCUT2D eigenvalue weighted by Gasteiger charge is -2.50. The molecular weight excluding hydrogens is 476 g/mol. The van der Waals surface area contributed by atoms with Crippen molar-refractivity contribution in [2.24, 2.45) is 0 Å². The lowest BCUT2D eigenvalue weighted by molar-refractivity contribution is -0.0996. The summed E-state index contributed by atoms with van der Waals surface area (Å²) in [4.78, 5) is 5.01. The molecule has 0 amide bonds. The summed E-state index contributed by atoms with van der Waals surface area (Å²) in [5.74, 6) is 1.03. The van der Waals surface area contributed by atoms with Crippen LogP contribution in [0.25, 0.3) is 0 Å². The fourth-order valence-corrected chi connectivity index (χ4v) is 5.50. The Balaban J connectivity index is 1.65. The lowest BCUT2D eigenvalue weighted by Crippen LogP contribution is -2.62. The van der Waals surface area contributed by atoms with Crippen molar-refractivity contribution in [2.45, 2.75) is 71.3 Å². The third-order valence-electron chi connectivity index (χ3n) is 6.55. The Morgan fingerprint density at radius 1 is 1.26 bits per heavy atom. The molecule has 7 nitrogen and oxygen atoms in total. The lowest BCUT2D eigenvalue weighted by atomic mass is 9.92. The highest BCUT2D eigenvalue weighted by Gasteiger charge is 2.39. The standard InChI is InChI=1S/C22H41BrN4O3Si/c1-7-22(3)16-25(14-19-15-28-10-11-30-19)8-9-26(22)21-20(23)18(2)27(24-21)17-29-12-13-31(4,5)6/h19H,7-17H2,1-6H3/t19-,22+/m1/s1. The molecule has 2 fully saturated rings. The highest BCUT2D eigenvalue weighted by Crippen LogP contribution is 2.36. The van der Waals surface area contributed by atoms with E-state index in [-0.39, 0.29) is 11.6 Å². The molecule has 0 N–H and O–H groups in total. The van der Waals surface area contributed by atoms with Gasteiger partial charge in [0.15, 0.2) is 5.82 Å². The van der Waals surface area contributed by atoms with Gasteiger partial charge in [-0.3, -0.25) is 4.90 Å². The summed E-state index contributed by atoms with van der Waals surface area (Å²) in [6.45, 7) is 21.2. The molecule has 0 spiro atoms. The number of anilines is 1. The van der Waals surface area contributed by atoms with Crippen LogP contribution >= 0.6 is 15.9 Å². The first kappa shape index (κ1) is 25.2. The van der Waals surface area contributed by atoms with Crippen molar-refractivity contribution in [1.29, 1.82) is 0 Å². The Hall–Kier alpha value is -0.453. The van der Waals surface area contributed by atoms with Gasteiger partial charge in [-0.25, -0.2) is 4.68 Å². The molecule has 0 aliphatic carbocycles. The van der Waals surface area contributed by atoms with Gasteiger partial charge in [0.1, 0.15) is 6.73 Å². The van der Waals surface area contributed by atoms with Crippen LogP contribution in [0.3, 0.4) is 0 Å². The normalized spacial score (nSPS) is 25.9. The smallest absolute Gasteiger partial charge is 0.165 e. The van der Waals surface area contributed by atoms with E-state index in [0.29, 0.717) is 19.9 Å². The van der Waals surface area contributed by atoms with Crippen LogP contribution in [0.5, 0.6) is 0 Å². The molecule has 0 bridgehead atoms. The molecule has 0 unspecified atom stereocenters. The van der Waals surface area contributed by atoms with Crippen LogP contribution in [0.4, 0.5) is 5.82 Å². The average molecular weight is 518 g/mol. The molecule has 0 aromatic carbocycles. The van der Waals surface area contributed by atoms with Crippen LogP contribution in [-0.4, -0.2) is 87.0 Å². The van der Waals surface area contributed by atoms with Gasteiger partial charge in [0, 0.05) is 40.9 Å². The van der Waals surface area contributed by atoms with E-state index in [2.05, 4.69) is 66.1 Å². The molecule has 2 aliphatic rings. The number of aromatic nitrogens is 2. The van der Waals surface area contributed by atoms with Gasteiger partial charge in [-0.1, -0.05) is 26.6 Å². The van der Waals surface area contributed by atoms with Crippen molar-refractivity contribution in [2.75, 3.05) is 57.5 Å². The SMILES string of the molecule is CC[C@@]1(C)CN(C[C@@H]2COCCO2)CCN1c1nn(COCC[Si](C)(C)C)c(C)c1Br. The molecule has 1 aromatic rings. The molecule has 2 atom stereocenters. The van der Waals surface area contributed by atoms with Gasteiger partial charge in [0.05, 0.1) is 41.6 Å². The Kier molecular flexibility index (Phi) is 8.65. The van der Waals surface area contributed by atoms with Crippen LogP contribution < -0.4 is 4.90 Å². The van der Waals surface area contributed by atoms with Crippen molar-refractivity contribution in [3.8, 4) is 0 Å². The average Bonchev–Trinajstić information content (AvgIpc) is 3.00. The first-order valence-corrected chi connectivity index (χ1v) is 16.1. The van der Waals surface area contributed by atoms with Crippen LogP contribution in [0, 0.1) is 6.92 Å². The molecule has 178 valence electrons. The van der Waals surface area contributed by atoms with Crippen LogP contribution in [0.15, 0.2) is 4.47 Å². The molecule has 0 radical (unpaired) electrons. The van der Waals surface area contributed by atoms with Crippen molar-refractivity contribution < 1.29 is 14.2 Å². The molecule has 3 heterocycles. The van der Waals surface area contributed by atoms with Crippen LogP contribution in [-0.2, 0) is 20.9 Å². The predicted molar refractivity (Wildman–Crippen MR) is 132 cm³/mol. The number of halogens is 1. The van der Waals surface area contributed by atoms with Gasteiger partial charge < -0.3 is 19.1 Å². The molecule has 1 aromatic heterocycles. The monoisotopic (exact) mass is 516 g/mol. The van der Waals surface area contributed by atoms with Gasteiger partial charge >= 0.3 is 0 Å². The van der Waals surface area contributed by atoms with Crippen molar-refractivity contribution in [3.05, 3.63) is 10.2 Å². The van der Waals surface area contributed by atoms with Gasteiger partial charge in [-0.15, -0.1) is 0 Å². The number of nitrogens with zero attached hydrogens (tertiary/aromatic N) is 4. The quantitative estimate of drug-likeness (QED) is 0.365. The highest BCUT2D eigenvalue weighted by molar-refractivity contribution is 9.10. The zero-order valence-electron chi connectivity index (χ0n) is 20.2. The zero-order chi connectivity index (χ0) is 22.6. The second-order valence-corrected chi connectivity index (χ2v) is 16.8. The second kappa shape index (κ2) is 10.7. The van der Waals surface area contributed by atoms with Gasteiger partial charge in [-0.05, 0) is 42.2 Å². The van der Waals surface area contributed by atoms with Crippen LogP contribution in [0.2, 0.25) is 25.7 Å². The number of hydrogen-bond acceptors (Lipinski definition) is 6. The fourth-order valence-electron chi connectivity index (χ4n) is 4.24. The number of rotatable bonds is 9. The molecule has 3 rings (SSSR count). The predicted octanol–water partition coefficient (Wildman–Crippen LogP) is 3.97. The van der Waals surface area contributed by atoms with E-state index in [1.807, 2.05) is 4.68 Å². The summed E-state index contributed by atoms with van der Waals surface area (Å²) >= 11 is 3.83. The molecule has 9 heteroatoms. The maximum absolute atomic E-state index is 5.97. The maximum atomic E-state index is 5.97. The summed E-state index contributed by atoms with van der Waals surface area (Å²) < 4.78 is 20.5. The van der Waals surface area contributed by atoms with Gasteiger partial charge in [0.2, 0.25) is 0 Å². The number of ether oxygens (including phenoxy) is 3. The second-order valence-electron chi connectivity index (χ2n) is 10.4. The van der Waals surface area contributed by atoms with Gasteiger partial charge in [-0.2, -0.15) is 5.10 Å². The number of piperazine rings is 1. The largest absolute Gasteiger partial charge is 0.376 e. The van der Waals surface area contributed by atoms with Crippen molar-refractivity contribution >= 4 is 29.8 Å². The van der Waals surface area contributed by atoms with E-state index in [9.17, 15) is 0 Å². The van der Waals surface area contributed by atoms with Crippen molar-refractivity contribution in [3.63, 3.8) is 0 Å².